The van der Waals surface area contributed by atoms with E-state index < -0.39 is 0 Å². The number of amides is 1. The van der Waals surface area contributed by atoms with Gasteiger partial charge < -0.3 is 14.6 Å². The van der Waals surface area contributed by atoms with E-state index >= 15 is 0 Å². The van der Waals surface area contributed by atoms with Crippen LogP contribution in [-0.2, 0) is 4.74 Å². The third-order valence-electron chi connectivity index (χ3n) is 4.23. The summed E-state index contributed by atoms with van der Waals surface area (Å²) < 4.78 is 5.44. The number of benzene rings is 1. The lowest BCUT2D eigenvalue weighted by atomic mass is 10.0. The predicted octanol–water partition coefficient (Wildman–Crippen LogP) is 2.68. The second-order valence-electron chi connectivity index (χ2n) is 5.96. The summed E-state index contributed by atoms with van der Waals surface area (Å²) in [6.45, 7) is 2.05. The molecule has 2 heterocycles. The fraction of sp³-hybridized carbons (Fsp3) is 0.412. The predicted molar refractivity (Wildman–Crippen MR) is 90.1 cm³/mol. The highest BCUT2D eigenvalue weighted by Crippen LogP contribution is 2.19. The zero-order valence-electron chi connectivity index (χ0n) is 13.0. The molecule has 1 atom stereocenters. The van der Waals surface area contributed by atoms with Gasteiger partial charge in [0.15, 0.2) is 0 Å². The van der Waals surface area contributed by atoms with E-state index in [1.54, 1.807) is 30.1 Å². The van der Waals surface area contributed by atoms with Gasteiger partial charge in [-0.15, -0.1) is 0 Å². The molecule has 0 bridgehead atoms. The molecular weight excluding hydrogens is 316 g/mol. The molecule has 1 aromatic heterocycles. The van der Waals surface area contributed by atoms with Crippen LogP contribution in [0.15, 0.2) is 29.2 Å². The number of aromatic nitrogens is 1. The van der Waals surface area contributed by atoms with E-state index in [2.05, 4.69) is 4.98 Å². The van der Waals surface area contributed by atoms with Crippen LogP contribution in [0.5, 0.6) is 0 Å². The summed E-state index contributed by atoms with van der Waals surface area (Å²) in [5.74, 6) is 0.0466. The molecule has 1 amide bonds. The van der Waals surface area contributed by atoms with Gasteiger partial charge in [0.2, 0.25) is 5.43 Å². The third kappa shape index (κ3) is 3.26. The van der Waals surface area contributed by atoms with Crippen molar-refractivity contribution in [3.63, 3.8) is 0 Å². The number of rotatable bonds is 3. The highest BCUT2D eigenvalue weighted by molar-refractivity contribution is 6.35. The Balaban J connectivity index is 1.85. The van der Waals surface area contributed by atoms with Crippen molar-refractivity contribution in [2.75, 3.05) is 26.8 Å². The molecular formula is C17H19ClN2O3. The smallest absolute Gasteiger partial charge is 0.259 e. The maximum absolute atomic E-state index is 12.6. The van der Waals surface area contributed by atoms with Gasteiger partial charge in [-0.1, -0.05) is 17.7 Å². The van der Waals surface area contributed by atoms with Gasteiger partial charge in [-0.25, -0.2) is 0 Å². The normalized spacial score (nSPS) is 18.1. The summed E-state index contributed by atoms with van der Waals surface area (Å²) in [6.07, 6.45) is 3.51. The number of fused-ring (bicyclic) bond motifs is 1. The molecule has 1 saturated heterocycles. The minimum Gasteiger partial charge on any atom is -0.381 e. The van der Waals surface area contributed by atoms with E-state index in [1.165, 1.54) is 6.20 Å². The number of nitrogens with zero attached hydrogens (tertiary/aromatic N) is 1. The first-order valence-corrected chi connectivity index (χ1v) is 8.09. The topological polar surface area (TPSA) is 62.4 Å². The fourth-order valence-corrected chi connectivity index (χ4v) is 3.23. The number of carbonyl (C=O) groups excluding carboxylic acids is 1. The van der Waals surface area contributed by atoms with Crippen molar-refractivity contribution >= 4 is 28.4 Å². The summed E-state index contributed by atoms with van der Waals surface area (Å²) >= 11 is 6.07. The average Bonchev–Trinajstić information content (AvgIpc) is 2.56. The van der Waals surface area contributed by atoms with Crippen LogP contribution >= 0.6 is 11.6 Å². The van der Waals surface area contributed by atoms with Crippen LogP contribution in [0.25, 0.3) is 10.9 Å². The molecule has 1 aliphatic rings. The number of ether oxygens (including phenoxy) is 1. The number of H-pyrrole nitrogens is 1. The zero-order valence-corrected chi connectivity index (χ0v) is 13.7. The summed E-state index contributed by atoms with van der Waals surface area (Å²) in [6, 6.07) is 5.08. The minimum atomic E-state index is -0.294. The summed E-state index contributed by atoms with van der Waals surface area (Å²) in [7, 11) is 1.72. The number of carbonyl (C=O) groups is 1. The molecule has 0 unspecified atom stereocenters. The molecule has 23 heavy (non-hydrogen) atoms. The highest BCUT2D eigenvalue weighted by Gasteiger charge is 2.22. The van der Waals surface area contributed by atoms with Crippen LogP contribution in [0, 0.1) is 5.92 Å². The van der Waals surface area contributed by atoms with Gasteiger partial charge in [-0.3, -0.25) is 9.59 Å². The maximum Gasteiger partial charge on any atom is 0.259 e. The van der Waals surface area contributed by atoms with Gasteiger partial charge in [-0.05, 0) is 30.9 Å². The summed E-state index contributed by atoms with van der Waals surface area (Å²) in [4.78, 5) is 29.7. The van der Waals surface area contributed by atoms with Crippen LogP contribution in [0.1, 0.15) is 23.2 Å². The van der Waals surface area contributed by atoms with Gasteiger partial charge in [0.25, 0.3) is 5.91 Å². The van der Waals surface area contributed by atoms with Crippen LogP contribution in [0.2, 0.25) is 5.02 Å². The molecule has 1 N–H and O–H groups in total. The Hall–Kier alpha value is -1.85. The van der Waals surface area contributed by atoms with E-state index in [0.29, 0.717) is 35.0 Å². The first kappa shape index (κ1) is 16.0. The summed E-state index contributed by atoms with van der Waals surface area (Å²) in [5.41, 5.74) is 0.399. The first-order chi connectivity index (χ1) is 11.1. The molecule has 1 aliphatic heterocycles. The second-order valence-corrected chi connectivity index (χ2v) is 6.37. The van der Waals surface area contributed by atoms with Gasteiger partial charge in [0, 0.05) is 31.8 Å². The monoisotopic (exact) mass is 334 g/mol. The van der Waals surface area contributed by atoms with Gasteiger partial charge in [-0.2, -0.15) is 0 Å². The molecule has 5 nitrogen and oxygen atoms in total. The molecule has 6 heteroatoms. The van der Waals surface area contributed by atoms with Crippen molar-refractivity contribution < 1.29 is 9.53 Å². The Kier molecular flexibility index (Phi) is 4.68. The molecule has 3 rings (SSSR count). The lowest BCUT2D eigenvalue weighted by molar-refractivity contribution is 0.0388. The Bertz CT molecular complexity index is 781. The third-order valence-corrected chi connectivity index (χ3v) is 4.54. The van der Waals surface area contributed by atoms with Crippen molar-refractivity contribution in [2.24, 2.45) is 5.92 Å². The molecule has 0 saturated carbocycles. The van der Waals surface area contributed by atoms with Crippen molar-refractivity contribution in [3.05, 3.63) is 45.2 Å². The van der Waals surface area contributed by atoms with Crippen LogP contribution < -0.4 is 5.43 Å². The SMILES string of the molecule is CN(C[C@@H]1CCCOC1)C(=O)c1c[nH]c2c(Cl)cccc2c1=O. The molecule has 0 spiro atoms. The van der Waals surface area contributed by atoms with E-state index in [9.17, 15) is 9.59 Å². The Morgan fingerprint density at radius 1 is 1.48 bits per heavy atom. The van der Waals surface area contributed by atoms with Crippen molar-refractivity contribution in [1.82, 2.24) is 9.88 Å². The Labute approximate surface area is 139 Å². The zero-order chi connectivity index (χ0) is 16.4. The minimum absolute atomic E-state index is 0.138. The molecule has 2 aromatic rings. The number of hydrogen-bond acceptors (Lipinski definition) is 3. The van der Waals surface area contributed by atoms with E-state index in [-0.39, 0.29) is 16.9 Å². The molecule has 0 radical (unpaired) electrons. The van der Waals surface area contributed by atoms with Crippen molar-refractivity contribution in [2.45, 2.75) is 12.8 Å². The molecule has 1 fully saturated rings. The van der Waals surface area contributed by atoms with Crippen LogP contribution in [0.3, 0.4) is 0 Å². The van der Waals surface area contributed by atoms with Crippen molar-refractivity contribution in [1.29, 1.82) is 0 Å². The van der Waals surface area contributed by atoms with Gasteiger partial charge >= 0.3 is 0 Å². The van der Waals surface area contributed by atoms with E-state index in [1.807, 2.05) is 0 Å². The number of pyridine rings is 1. The van der Waals surface area contributed by atoms with Gasteiger partial charge in [0.05, 0.1) is 17.1 Å². The van der Waals surface area contributed by atoms with E-state index in [0.717, 1.165) is 19.4 Å². The summed E-state index contributed by atoms with van der Waals surface area (Å²) in [5, 5.41) is 0.893. The second kappa shape index (κ2) is 6.72. The quantitative estimate of drug-likeness (QED) is 0.938. The number of aromatic amines is 1. The highest BCUT2D eigenvalue weighted by atomic mass is 35.5. The first-order valence-electron chi connectivity index (χ1n) is 7.71. The lowest BCUT2D eigenvalue weighted by Crippen LogP contribution is -2.37. The van der Waals surface area contributed by atoms with Crippen molar-refractivity contribution in [3.8, 4) is 0 Å². The van der Waals surface area contributed by atoms with Crippen LogP contribution in [-0.4, -0.2) is 42.6 Å². The van der Waals surface area contributed by atoms with Gasteiger partial charge in [0.1, 0.15) is 5.56 Å². The molecule has 0 aliphatic carbocycles. The average molecular weight is 335 g/mol. The number of halogens is 1. The Morgan fingerprint density at radius 2 is 2.30 bits per heavy atom. The van der Waals surface area contributed by atoms with Crippen LogP contribution in [0.4, 0.5) is 0 Å². The Morgan fingerprint density at radius 3 is 3.04 bits per heavy atom. The molecule has 122 valence electrons. The number of para-hydroxylation sites is 1. The molecule has 1 aromatic carbocycles. The standard InChI is InChI=1S/C17H19ClN2O3/c1-20(9-11-4-3-7-23-10-11)17(22)13-8-19-15-12(16(13)21)5-2-6-14(15)18/h2,5-6,8,11H,3-4,7,9-10H2,1H3,(H,19,21)/t11-/m0/s1. The maximum atomic E-state index is 12.6. The number of nitrogens with one attached hydrogen (secondary N) is 1. The fourth-order valence-electron chi connectivity index (χ4n) is 3.00. The lowest BCUT2D eigenvalue weighted by Gasteiger charge is -2.27. The number of hydrogen-bond donors (Lipinski definition) is 1. The largest absolute Gasteiger partial charge is 0.381 e. The van der Waals surface area contributed by atoms with E-state index in [4.69, 9.17) is 16.3 Å².